The van der Waals surface area contributed by atoms with E-state index in [-0.39, 0.29) is 11.7 Å². The Balaban J connectivity index is 1.43. The molecular weight excluding hydrogens is 442 g/mol. The number of carbonyl (C=O) groups is 1. The molecule has 2 heterocycles. The topological polar surface area (TPSA) is 73.3 Å². The molecule has 0 bridgehead atoms. The number of benzene rings is 2. The molecule has 0 aliphatic rings. The minimum Gasteiger partial charge on any atom is -0.493 e. The van der Waals surface area contributed by atoms with Crippen LogP contribution in [-0.2, 0) is 11.3 Å². The molecule has 8 heteroatoms. The van der Waals surface area contributed by atoms with Crippen molar-refractivity contribution >= 4 is 39.2 Å². The average Bonchev–Trinajstić information content (AvgIpc) is 3.25. The molecule has 32 heavy (non-hydrogen) atoms. The zero-order chi connectivity index (χ0) is 22.5. The van der Waals surface area contributed by atoms with Gasteiger partial charge in [0.2, 0.25) is 5.91 Å². The second-order valence-corrected chi connectivity index (χ2v) is 9.02. The summed E-state index contributed by atoms with van der Waals surface area (Å²) in [5.74, 6) is 2.21. The summed E-state index contributed by atoms with van der Waals surface area (Å²) in [6.07, 6.45) is 0. The van der Waals surface area contributed by atoms with Crippen molar-refractivity contribution in [3.05, 3.63) is 66.0 Å². The number of thioether (sulfide) groups is 1. The van der Waals surface area contributed by atoms with Crippen molar-refractivity contribution in [1.29, 1.82) is 0 Å². The van der Waals surface area contributed by atoms with Crippen molar-refractivity contribution < 1.29 is 14.3 Å². The number of fused-ring (bicyclic) bond motifs is 1. The Morgan fingerprint density at radius 2 is 1.81 bits per heavy atom. The summed E-state index contributed by atoms with van der Waals surface area (Å²) in [6.45, 7) is 2.29. The third-order valence-electron chi connectivity index (χ3n) is 4.81. The molecular formula is C24H23N3O3S2. The van der Waals surface area contributed by atoms with Crippen molar-refractivity contribution in [2.75, 3.05) is 20.0 Å². The molecule has 0 unspecified atom stereocenters. The van der Waals surface area contributed by atoms with Gasteiger partial charge in [0, 0.05) is 16.8 Å². The monoisotopic (exact) mass is 465 g/mol. The van der Waals surface area contributed by atoms with Gasteiger partial charge in [-0.3, -0.25) is 4.79 Å². The molecule has 4 rings (SSSR count). The van der Waals surface area contributed by atoms with E-state index in [2.05, 4.69) is 33.5 Å². The van der Waals surface area contributed by atoms with Gasteiger partial charge in [0.1, 0.15) is 15.7 Å². The molecule has 4 aromatic rings. The number of ether oxygens (including phenoxy) is 2. The molecule has 6 nitrogen and oxygen atoms in total. The van der Waals surface area contributed by atoms with E-state index in [0.717, 1.165) is 31.2 Å². The van der Waals surface area contributed by atoms with E-state index in [1.807, 2.05) is 43.3 Å². The summed E-state index contributed by atoms with van der Waals surface area (Å²) in [7, 11) is 3.19. The molecule has 0 radical (unpaired) electrons. The number of hydrogen-bond donors (Lipinski definition) is 1. The smallest absolute Gasteiger partial charge is 0.230 e. The summed E-state index contributed by atoms with van der Waals surface area (Å²) in [6, 6.07) is 17.9. The van der Waals surface area contributed by atoms with Crippen LogP contribution in [0.1, 0.15) is 11.4 Å². The van der Waals surface area contributed by atoms with Crippen LogP contribution < -0.4 is 14.8 Å². The van der Waals surface area contributed by atoms with Gasteiger partial charge in [-0.1, -0.05) is 48.2 Å². The number of thiophene rings is 1. The second-order valence-electron chi connectivity index (χ2n) is 7.03. The highest BCUT2D eigenvalue weighted by Gasteiger charge is 2.14. The third kappa shape index (κ3) is 5.03. The Morgan fingerprint density at radius 1 is 1.03 bits per heavy atom. The first-order valence-electron chi connectivity index (χ1n) is 10.0. The minimum atomic E-state index is -0.0623. The zero-order valence-corrected chi connectivity index (χ0v) is 19.7. The lowest BCUT2D eigenvalue weighted by molar-refractivity contribution is -0.118. The van der Waals surface area contributed by atoms with E-state index < -0.39 is 0 Å². The molecule has 0 aliphatic carbocycles. The van der Waals surface area contributed by atoms with E-state index in [4.69, 9.17) is 9.47 Å². The van der Waals surface area contributed by atoms with Crippen LogP contribution in [0.15, 0.2) is 59.6 Å². The molecule has 2 aromatic carbocycles. The maximum absolute atomic E-state index is 12.5. The number of methoxy groups -OCH3 is 2. The van der Waals surface area contributed by atoms with Gasteiger partial charge in [-0.2, -0.15) is 0 Å². The van der Waals surface area contributed by atoms with Crippen molar-refractivity contribution in [2.24, 2.45) is 0 Å². The predicted molar refractivity (Wildman–Crippen MR) is 130 cm³/mol. The summed E-state index contributed by atoms with van der Waals surface area (Å²) in [4.78, 5) is 23.7. The molecule has 164 valence electrons. The fourth-order valence-electron chi connectivity index (χ4n) is 3.23. The molecule has 0 aliphatic heterocycles. The molecule has 1 amide bonds. The van der Waals surface area contributed by atoms with Gasteiger partial charge in [0.05, 0.1) is 20.0 Å². The number of aromatic nitrogens is 2. The highest BCUT2D eigenvalue weighted by Crippen LogP contribution is 2.36. The number of amides is 1. The van der Waals surface area contributed by atoms with Crippen LogP contribution >= 0.6 is 23.1 Å². The second kappa shape index (κ2) is 10.0. The first kappa shape index (κ1) is 22.1. The van der Waals surface area contributed by atoms with E-state index in [1.54, 1.807) is 25.6 Å². The summed E-state index contributed by atoms with van der Waals surface area (Å²) >= 11 is 3.07. The number of rotatable bonds is 8. The lowest BCUT2D eigenvalue weighted by Crippen LogP contribution is -2.24. The Kier molecular flexibility index (Phi) is 6.92. The SMILES string of the molecule is COc1ccc(CNC(=O)CSc2nc(C)nc3sc(-c4ccccc4)cc23)cc1OC. The molecule has 0 spiro atoms. The largest absolute Gasteiger partial charge is 0.493 e. The molecule has 2 aromatic heterocycles. The first-order valence-corrected chi connectivity index (χ1v) is 11.8. The maximum Gasteiger partial charge on any atom is 0.230 e. The third-order valence-corrected chi connectivity index (χ3v) is 6.87. The quantitative estimate of drug-likeness (QED) is 0.289. The predicted octanol–water partition coefficient (Wildman–Crippen LogP) is 5.09. The van der Waals surface area contributed by atoms with Crippen LogP contribution in [-0.4, -0.2) is 35.8 Å². The summed E-state index contributed by atoms with van der Waals surface area (Å²) < 4.78 is 10.6. The Bertz CT molecular complexity index is 1240. The van der Waals surface area contributed by atoms with Gasteiger partial charge in [0.15, 0.2) is 11.5 Å². The van der Waals surface area contributed by atoms with E-state index >= 15 is 0 Å². The Labute approximate surface area is 195 Å². The molecule has 0 atom stereocenters. The van der Waals surface area contributed by atoms with Gasteiger partial charge in [0.25, 0.3) is 0 Å². The zero-order valence-electron chi connectivity index (χ0n) is 18.0. The van der Waals surface area contributed by atoms with Gasteiger partial charge >= 0.3 is 0 Å². The molecule has 0 saturated carbocycles. The fraction of sp³-hybridized carbons (Fsp3) is 0.208. The van der Waals surface area contributed by atoms with Crippen LogP contribution in [0.2, 0.25) is 0 Å². The van der Waals surface area contributed by atoms with Gasteiger partial charge in [-0.25, -0.2) is 9.97 Å². The minimum absolute atomic E-state index is 0.0623. The van der Waals surface area contributed by atoms with E-state index in [1.165, 1.54) is 11.8 Å². The van der Waals surface area contributed by atoms with Crippen molar-refractivity contribution in [1.82, 2.24) is 15.3 Å². The van der Waals surface area contributed by atoms with Crippen LogP contribution in [0, 0.1) is 6.92 Å². The van der Waals surface area contributed by atoms with Crippen molar-refractivity contribution in [3.8, 4) is 21.9 Å². The molecule has 1 N–H and O–H groups in total. The maximum atomic E-state index is 12.5. The first-order chi connectivity index (χ1) is 15.6. The van der Waals surface area contributed by atoms with Crippen molar-refractivity contribution in [3.63, 3.8) is 0 Å². The Hall–Kier alpha value is -3.10. The van der Waals surface area contributed by atoms with Gasteiger partial charge < -0.3 is 14.8 Å². The standard InChI is InChI=1S/C24H23N3O3S2/c1-15-26-23(18-12-21(32-24(18)27-15)17-7-5-4-6-8-17)31-14-22(28)25-13-16-9-10-19(29-2)20(11-16)30-3/h4-12H,13-14H2,1-3H3,(H,25,28). The van der Waals surface area contributed by atoms with E-state index in [0.29, 0.717) is 23.9 Å². The number of nitrogens with one attached hydrogen (secondary N) is 1. The summed E-state index contributed by atoms with van der Waals surface area (Å²) in [5, 5.41) is 4.76. The number of nitrogens with zero attached hydrogens (tertiary/aromatic N) is 2. The van der Waals surface area contributed by atoms with Crippen LogP contribution in [0.3, 0.4) is 0 Å². The Morgan fingerprint density at radius 3 is 2.56 bits per heavy atom. The normalized spacial score (nSPS) is 10.8. The van der Waals surface area contributed by atoms with Crippen LogP contribution in [0.25, 0.3) is 20.7 Å². The lowest BCUT2D eigenvalue weighted by Gasteiger charge is -2.10. The lowest BCUT2D eigenvalue weighted by atomic mass is 10.2. The molecule has 0 saturated heterocycles. The van der Waals surface area contributed by atoms with E-state index in [9.17, 15) is 4.79 Å². The number of carbonyl (C=O) groups excluding carboxylic acids is 1. The van der Waals surface area contributed by atoms with Gasteiger partial charge in [-0.05, 0) is 36.2 Å². The highest BCUT2D eigenvalue weighted by molar-refractivity contribution is 8.00. The van der Waals surface area contributed by atoms with Crippen LogP contribution in [0.5, 0.6) is 11.5 Å². The fourth-order valence-corrected chi connectivity index (χ4v) is 5.25. The summed E-state index contributed by atoms with van der Waals surface area (Å²) in [5.41, 5.74) is 2.09. The molecule has 0 fully saturated rings. The van der Waals surface area contributed by atoms with Crippen molar-refractivity contribution in [2.45, 2.75) is 18.5 Å². The van der Waals surface area contributed by atoms with Gasteiger partial charge in [-0.15, -0.1) is 11.3 Å². The number of hydrogen-bond acceptors (Lipinski definition) is 7. The average molecular weight is 466 g/mol. The number of aryl methyl sites for hydroxylation is 1. The highest BCUT2D eigenvalue weighted by atomic mass is 32.2. The van der Waals surface area contributed by atoms with Crippen LogP contribution in [0.4, 0.5) is 0 Å².